The highest BCUT2D eigenvalue weighted by Crippen LogP contribution is 2.08. The van der Waals surface area contributed by atoms with E-state index in [1.807, 2.05) is 34.6 Å². The lowest BCUT2D eigenvalue weighted by Gasteiger charge is -2.22. The van der Waals surface area contributed by atoms with Gasteiger partial charge < -0.3 is 10.2 Å². The van der Waals surface area contributed by atoms with E-state index < -0.39 is 0 Å². The Kier molecular flexibility index (Phi) is 27.9. The van der Waals surface area contributed by atoms with E-state index in [2.05, 4.69) is 37.9 Å². The molecule has 4 heteroatoms. The second-order valence-corrected chi connectivity index (χ2v) is 6.76. The van der Waals surface area contributed by atoms with E-state index in [0.717, 1.165) is 19.5 Å². The summed E-state index contributed by atoms with van der Waals surface area (Å²) >= 11 is 0. The van der Waals surface area contributed by atoms with Crippen molar-refractivity contribution in [3.8, 4) is 0 Å². The molecule has 0 heterocycles. The summed E-state index contributed by atoms with van der Waals surface area (Å²) in [4.78, 5) is 25.4. The van der Waals surface area contributed by atoms with Crippen molar-refractivity contribution in [2.24, 2.45) is 0 Å². The molecule has 1 aromatic rings. The highest BCUT2D eigenvalue weighted by atomic mass is 16.2. The lowest BCUT2D eigenvalue weighted by Crippen LogP contribution is -2.38. The summed E-state index contributed by atoms with van der Waals surface area (Å²) in [7, 11) is 0. The van der Waals surface area contributed by atoms with Crippen LogP contribution in [0.15, 0.2) is 9.59 Å². The third-order valence-corrected chi connectivity index (χ3v) is 4.22. The van der Waals surface area contributed by atoms with Crippen LogP contribution in [0.2, 0.25) is 0 Å². The first-order valence-electron chi connectivity index (χ1n) is 12.3. The van der Waals surface area contributed by atoms with Crippen molar-refractivity contribution in [1.29, 1.82) is 0 Å². The van der Waals surface area contributed by atoms with Crippen molar-refractivity contribution in [2.45, 2.75) is 114 Å². The minimum Gasteiger partial charge on any atom is -0.381 e. The number of anilines is 1. The van der Waals surface area contributed by atoms with Gasteiger partial charge in [0.1, 0.15) is 0 Å². The first kappa shape index (κ1) is 32.5. The molecule has 0 aliphatic heterocycles. The summed E-state index contributed by atoms with van der Waals surface area (Å²) in [5, 5.41) is 3.16. The molecule has 4 nitrogen and oxygen atoms in total. The molecule has 0 aliphatic rings. The summed E-state index contributed by atoms with van der Waals surface area (Å²) in [6.45, 7) is 22.8. The van der Waals surface area contributed by atoms with Crippen molar-refractivity contribution < 1.29 is 0 Å². The van der Waals surface area contributed by atoms with E-state index in [1.54, 1.807) is 0 Å². The molecule has 0 aliphatic carbocycles. The molecule has 0 unspecified atom stereocenters. The summed E-state index contributed by atoms with van der Waals surface area (Å²) in [5.74, 6) is 0. The smallest absolute Gasteiger partial charge is 0.249 e. The molecule has 1 N–H and O–H groups in total. The monoisotopic (exact) mass is 412 g/mol. The number of rotatable bonds is 13. The molecule has 0 amide bonds. The van der Waals surface area contributed by atoms with E-state index in [0.29, 0.717) is 17.7 Å². The van der Waals surface area contributed by atoms with Crippen molar-refractivity contribution in [2.75, 3.05) is 31.5 Å². The number of unbranched alkanes of at least 4 members (excludes halogenated alkanes) is 3. The molecule has 0 atom stereocenters. The Morgan fingerprint density at radius 2 is 1.17 bits per heavy atom. The van der Waals surface area contributed by atoms with E-state index in [9.17, 15) is 9.59 Å². The zero-order valence-electron chi connectivity index (χ0n) is 21.2. The normalized spacial score (nSPS) is 9.72. The van der Waals surface area contributed by atoms with Gasteiger partial charge in [-0.15, -0.1) is 0 Å². The maximum Gasteiger partial charge on any atom is 0.249 e. The minimum absolute atomic E-state index is 0.297. The van der Waals surface area contributed by atoms with Gasteiger partial charge in [0, 0.05) is 12.1 Å². The van der Waals surface area contributed by atoms with Crippen LogP contribution >= 0.6 is 0 Å². The molecule has 0 radical (unpaired) electrons. The van der Waals surface area contributed by atoms with Gasteiger partial charge in [-0.1, -0.05) is 88.0 Å². The fraction of sp³-hybridized carbons (Fsp3) is 0.840. The van der Waals surface area contributed by atoms with Crippen molar-refractivity contribution >= 4 is 5.69 Å². The first-order chi connectivity index (χ1) is 14.1. The zero-order chi connectivity index (χ0) is 23.1. The Labute approximate surface area is 182 Å². The van der Waals surface area contributed by atoms with Gasteiger partial charge in [0.25, 0.3) is 0 Å². The minimum atomic E-state index is -0.331. The Morgan fingerprint density at radius 1 is 0.690 bits per heavy atom. The average molecular weight is 413 g/mol. The van der Waals surface area contributed by atoms with E-state index in [-0.39, 0.29) is 10.9 Å². The number of hydrogen-bond acceptors (Lipinski definition) is 4. The Hall–Kier alpha value is -1.16. The van der Waals surface area contributed by atoms with Crippen LogP contribution in [-0.4, -0.2) is 31.1 Å². The highest BCUT2D eigenvalue weighted by molar-refractivity contribution is 5.56. The standard InChI is InChI=1S/C18H32N2O2.C3H8.2C2H6/c1-4-7-9-13-20(12-8-5-2)14-10-11-19-16-15(6-3)17(21)18(16)22;1-3-2;2*1-2/h19H,4-14H2,1-3H3;3H2,1-2H3;2*1-2H3. The van der Waals surface area contributed by atoms with Crippen LogP contribution < -0.4 is 16.2 Å². The van der Waals surface area contributed by atoms with Crippen LogP contribution in [0.25, 0.3) is 0 Å². The topological polar surface area (TPSA) is 49.4 Å². The molecule has 0 saturated carbocycles. The quantitative estimate of drug-likeness (QED) is 0.300. The van der Waals surface area contributed by atoms with E-state index in [4.69, 9.17) is 0 Å². The van der Waals surface area contributed by atoms with Crippen molar-refractivity contribution in [1.82, 2.24) is 4.90 Å². The summed E-state index contributed by atoms with van der Waals surface area (Å²) in [6.07, 6.45) is 9.21. The van der Waals surface area contributed by atoms with Gasteiger partial charge in [-0.25, -0.2) is 0 Å². The fourth-order valence-electron chi connectivity index (χ4n) is 2.78. The predicted octanol–water partition coefficient (Wildman–Crippen LogP) is 6.41. The SMILES string of the molecule is CC.CC.CCC.CCCCCN(CCCC)CCCNc1c(CC)c(=O)c1=O. The van der Waals surface area contributed by atoms with Crippen LogP contribution in [-0.2, 0) is 6.42 Å². The number of nitrogens with one attached hydrogen (secondary N) is 1. The third kappa shape index (κ3) is 15.4. The summed E-state index contributed by atoms with van der Waals surface area (Å²) in [6, 6.07) is 0. The van der Waals surface area contributed by atoms with Gasteiger partial charge >= 0.3 is 0 Å². The van der Waals surface area contributed by atoms with Gasteiger partial charge in [0.2, 0.25) is 10.9 Å². The molecular formula is C25H52N2O2. The summed E-state index contributed by atoms with van der Waals surface area (Å²) < 4.78 is 0. The van der Waals surface area contributed by atoms with Crippen LogP contribution in [0.5, 0.6) is 0 Å². The Balaban J connectivity index is -0.000000856. The van der Waals surface area contributed by atoms with E-state index >= 15 is 0 Å². The van der Waals surface area contributed by atoms with Gasteiger partial charge in [-0.05, 0) is 45.3 Å². The first-order valence-corrected chi connectivity index (χ1v) is 12.3. The molecule has 1 rings (SSSR count). The highest BCUT2D eigenvalue weighted by Gasteiger charge is 2.18. The zero-order valence-corrected chi connectivity index (χ0v) is 21.2. The number of nitrogens with zero attached hydrogens (tertiary/aromatic N) is 1. The Bertz CT molecular complexity index is 505. The average Bonchev–Trinajstić information content (AvgIpc) is 2.76. The molecule has 0 bridgehead atoms. The molecule has 0 aromatic heterocycles. The fourth-order valence-corrected chi connectivity index (χ4v) is 2.78. The second-order valence-electron chi connectivity index (χ2n) is 6.76. The van der Waals surface area contributed by atoms with E-state index in [1.165, 1.54) is 51.6 Å². The van der Waals surface area contributed by atoms with Crippen molar-refractivity contribution in [3.63, 3.8) is 0 Å². The molecule has 0 spiro atoms. The van der Waals surface area contributed by atoms with Crippen molar-refractivity contribution in [3.05, 3.63) is 26.0 Å². The van der Waals surface area contributed by atoms with Gasteiger partial charge in [0.05, 0.1) is 5.69 Å². The molecule has 0 saturated heterocycles. The lowest BCUT2D eigenvalue weighted by molar-refractivity contribution is 0.263. The largest absolute Gasteiger partial charge is 0.381 e. The maximum atomic E-state index is 11.5. The maximum absolute atomic E-state index is 11.5. The number of hydrogen-bond donors (Lipinski definition) is 1. The van der Waals surface area contributed by atoms with Gasteiger partial charge in [-0.2, -0.15) is 0 Å². The molecule has 0 fully saturated rings. The van der Waals surface area contributed by atoms with Gasteiger partial charge in [-0.3, -0.25) is 9.59 Å². The van der Waals surface area contributed by atoms with Crippen LogP contribution in [0.1, 0.15) is 113 Å². The summed E-state index contributed by atoms with van der Waals surface area (Å²) in [5.41, 5.74) is 0.617. The van der Waals surface area contributed by atoms with Gasteiger partial charge in [0.15, 0.2) is 0 Å². The lowest BCUT2D eigenvalue weighted by atomic mass is 10.0. The Morgan fingerprint density at radius 3 is 1.66 bits per heavy atom. The molecular weight excluding hydrogens is 360 g/mol. The van der Waals surface area contributed by atoms with Crippen LogP contribution in [0.3, 0.4) is 0 Å². The molecule has 174 valence electrons. The molecule has 29 heavy (non-hydrogen) atoms. The third-order valence-electron chi connectivity index (χ3n) is 4.22. The van der Waals surface area contributed by atoms with Crippen LogP contribution in [0, 0.1) is 0 Å². The predicted molar refractivity (Wildman–Crippen MR) is 133 cm³/mol. The molecule has 1 aromatic carbocycles. The second kappa shape index (κ2) is 24.9. The van der Waals surface area contributed by atoms with Crippen LogP contribution in [0.4, 0.5) is 5.69 Å².